The summed E-state index contributed by atoms with van der Waals surface area (Å²) in [6, 6.07) is 5.39. The maximum atomic E-state index is 12.1. The molecule has 1 unspecified atom stereocenters. The van der Waals surface area contributed by atoms with Crippen molar-refractivity contribution in [3.8, 4) is 0 Å². The Morgan fingerprint density at radius 3 is 3.00 bits per heavy atom. The summed E-state index contributed by atoms with van der Waals surface area (Å²) in [5, 5.41) is 2.46. The average molecular weight is 295 g/mol. The lowest BCUT2D eigenvalue weighted by Crippen LogP contribution is -2.11. The van der Waals surface area contributed by atoms with Crippen LogP contribution in [0.15, 0.2) is 23.1 Å². The lowest BCUT2D eigenvalue weighted by atomic mass is 10.3. The Morgan fingerprint density at radius 1 is 1.50 bits per heavy atom. The smallest absolute Gasteiger partial charge is 0.413 e. The summed E-state index contributed by atoms with van der Waals surface area (Å²) in [6.45, 7) is 2.07. The molecule has 20 heavy (non-hydrogen) atoms. The Kier molecular flexibility index (Phi) is 4.73. The molecule has 1 amide bonds. The minimum absolute atomic E-state index is 0.309. The van der Waals surface area contributed by atoms with Crippen molar-refractivity contribution in [3.63, 3.8) is 0 Å². The molecular formula is C13H17N3O3S. The maximum absolute atomic E-state index is 12.1. The van der Waals surface area contributed by atoms with Crippen LogP contribution in [-0.4, -0.2) is 33.1 Å². The molecule has 0 aliphatic rings. The third kappa shape index (κ3) is 3.36. The molecule has 0 saturated heterocycles. The zero-order chi connectivity index (χ0) is 14.5. The average Bonchev–Trinajstić information content (AvgIpc) is 2.85. The number of fused-ring (bicyclic) bond motifs is 1. The van der Waals surface area contributed by atoms with Gasteiger partial charge in [-0.25, -0.2) is 9.78 Å². The fourth-order valence-corrected chi connectivity index (χ4v) is 2.99. The van der Waals surface area contributed by atoms with Crippen LogP contribution in [0.3, 0.4) is 0 Å². The van der Waals surface area contributed by atoms with Crippen LogP contribution in [0, 0.1) is 0 Å². The maximum Gasteiger partial charge on any atom is 0.413 e. The van der Waals surface area contributed by atoms with Gasteiger partial charge in [-0.05, 0) is 24.6 Å². The van der Waals surface area contributed by atoms with Gasteiger partial charge >= 0.3 is 6.09 Å². The summed E-state index contributed by atoms with van der Waals surface area (Å²) in [5.41, 5.74) is 1.44. The minimum Gasteiger partial charge on any atom is -0.453 e. The second-order valence-electron chi connectivity index (χ2n) is 4.28. The summed E-state index contributed by atoms with van der Waals surface area (Å²) >= 11 is 0. The van der Waals surface area contributed by atoms with E-state index in [1.165, 1.54) is 7.11 Å². The minimum atomic E-state index is -1.00. The molecule has 2 rings (SSSR count). The summed E-state index contributed by atoms with van der Waals surface area (Å²) in [5.74, 6) is 0.965. The van der Waals surface area contributed by atoms with Crippen molar-refractivity contribution in [2.45, 2.75) is 24.7 Å². The van der Waals surface area contributed by atoms with Gasteiger partial charge in [-0.3, -0.25) is 9.53 Å². The number of methoxy groups -OCH3 is 1. The molecule has 1 atom stereocenters. The van der Waals surface area contributed by atoms with Crippen molar-refractivity contribution in [2.24, 2.45) is 0 Å². The molecule has 0 aliphatic carbocycles. The molecule has 6 nitrogen and oxygen atoms in total. The number of carbonyl (C=O) groups excluding carboxylic acids is 1. The predicted molar refractivity (Wildman–Crippen MR) is 78.3 cm³/mol. The SMILES string of the molecule is CCCCS(=O)c1ccc2nc(NC(=O)OC)[nH]c2c1. The van der Waals surface area contributed by atoms with E-state index in [0.717, 1.165) is 23.3 Å². The number of rotatable bonds is 5. The number of aromatic nitrogens is 2. The van der Waals surface area contributed by atoms with Crippen LogP contribution in [0.5, 0.6) is 0 Å². The summed E-state index contributed by atoms with van der Waals surface area (Å²) in [6.07, 6.45) is 1.37. The third-order valence-corrected chi connectivity index (χ3v) is 4.24. The number of carbonyl (C=O) groups is 1. The van der Waals surface area contributed by atoms with Crippen LogP contribution >= 0.6 is 0 Å². The van der Waals surface area contributed by atoms with Gasteiger partial charge in [0.1, 0.15) is 0 Å². The summed E-state index contributed by atoms with van der Waals surface area (Å²) in [4.78, 5) is 19.0. The van der Waals surface area contributed by atoms with Crippen molar-refractivity contribution in [1.82, 2.24) is 9.97 Å². The number of anilines is 1. The van der Waals surface area contributed by atoms with Gasteiger partial charge in [0.15, 0.2) is 0 Å². The second-order valence-corrected chi connectivity index (χ2v) is 5.85. The number of imidazole rings is 1. The van der Waals surface area contributed by atoms with Gasteiger partial charge in [-0.15, -0.1) is 0 Å². The lowest BCUT2D eigenvalue weighted by molar-refractivity contribution is 0.186. The number of unbranched alkanes of at least 4 members (excludes halogenated alkanes) is 1. The van der Waals surface area contributed by atoms with Crippen molar-refractivity contribution in [2.75, 3.05) is 18.2 Å². The Balaban J connectivity index is 2.21. The van der Waals surface area contributed by atoms with Crippen LogP contribution in [0.25, 0.3) is 11.0 Å². The van der Waals surface area contributed by atoms with Crippen LogP contribution < -0.4 is 5.32 Å². The highest BCUT2D eigenvalue weighted by Crippen LogP contribution is 2.19. The molecule has 0 radical (unpaired) electrons. The number of H-pyrrole nitrogens is 1. The molecule has 0 bridgehead atoms. The number of amides is 1. The Labute approximate surface area is 119 Å². The van der Waals surface area contributed by atoms with Gasteiger partial charge in [-0.2, -0.15) is 0 Å². The Bertz CT molecular complexity index is 639. The van der Waals surface area contributed by atoms with Crippen LogP contribution in [0.4, 0.5) is 10.7 Å². The first-order valence-electron chi connectivity index (χ1n) is 6.37. The Hall–Kier alpha value is -1.89. The molecule has 7 heteroatoms. The largest absolute Gasteiger partial charge is 0.453 e. The highest BCUT2D eigenvalue weighted by molar-refractivity contribution is 7.85. The van der Waals surface area contributed by atoms with Gasteiger partial charge in [-0.1, -0.05) is 13.3 Å². The van der Waals surface area contributed by atoms with Gasteiger partial charge < -0.3 is 9.72 Å². The number of hydrogen-bond donors (Lipinski definition) is 2. The van der Waals surface area contributed by atoms with Gasteiger partial charge in [0, 0.05) is 10.6 Å². The van der Waals surface area contributed by atoms with Crippen LogP contribution in [-0.2, 0) is 15.5 Å². The molecule has 0 spiro atoms. The number of nitrogens with zero attached hydrogens (tertiary/aromatic N) is 1. The topological polar surface area (TPSA) is 84.1 Å². The van der Waals surface area contributed by atoms with Crippen molar-refractivity contribution < 1.29 is 13.7 Å². The lowest BCUT2D eigenvalue weighted by Gasteiger charge is -2.00. The van der Waals surface area contributed by atoms with Crippen molar-refractivity contribution >= 4 is 33.9 Å². The molecule has 1 aromatic heterocycles. The zero-order valence-corrected chi connectivity index (χ0v) is 12.3. The van der Waals surface area contributed by atoms with E-state index in [-0.39, 0.29) is 0 Å². The molecule has 1 heterocycles. The van der Waals surface area contributed by atoms with E-state index >= 15 is 0 Å². The van der Waals surface area contributed by atoms with Gasteiger partial charge in [0.2, 0.25) is 5.95 Å². The van der Waals surface area contributed by atoms with E-state index < -0.39 is 16.9 Å². The normalized spacial score (nSPS) is 12.3. The zero-order valence-electron chi connectivity index (χ0n) is 11.4. The number of ether oxygens (including phenoxy) is 1. The first-order chi connectivity index (χ1) is 9.63. The first-order valence-corrected chi connectivity index (χ1v) is 7.69. The third-order valence-electron chi connectivity index (χ3n) is 2.81. The van der Waals surface area contributed by atoms with E-state index in [2.05, 4.69) is 26.9 Å². The standard InChI is InChI=1S/C13H17N3O3S/c1-3-4-7-20(18)9-5-6-10-11(8-9)15-12(14-10)16-13(17)19-2/h5-6,8H,3-4,7H2,1-2H3,(H2,14,15,16,17). The van der Waals surface area contributed by atoms with E-state index in [1.807, 2.05) is 0 Å². The molecule has 0 aliphatic heterocycles. The van der Waals surface area contributed by atoms with Crippen LogP contribution in [0.2, 0.25) is 0 Å². The van der Waals surface area contributed by atoms with E-state index in [0.29, 0.717) is 17.2 Å². The molecule has 2 aromatic rings. The van der Waals surface area contributed by atoms with Crippen molar-refractivity contribution in [1.29, 1.82) is 0 Å². The molecule has 108 valence electrons. The number of nitrogens with one attached hydrogen (secondary N) is 2. The summed E-state index contributed by atoms with van der Waals surface area (Å²) < 4.78 is 16.6. The molecule has 0 saturated carbocycles. The number of hydrogen-bond acceptors (Lipinski definition) is 4. The number of aromatic amines is 1. The number of benzene rings is 1. The Morgan fingerprint density at radius 2 is 2.30 bits per heavy atom. The highest BCUT2D eigenvalue weighted by atomic mass is 32.2. The van der Waals surface area contributed by atoms with Crippen molar-refractivity contribution in [3.05, 3.63) is 18.2 Å². The second kappa shape index (κ2) is 6.51. The fourth-order valence-electron chi connectivity index (χ4n) is 1.73. The van der Waals surface area contributed by atoms with Crippen LogP contribution in [0.1, 0.15) is 19.8 Å². The van der Waals surface area contributed by atoms with E-state index in [9.17, 15) is 9.00 Å². The van der Waals surface area contributed by atoms with E-state index in [4.69, 9.17) is 0 Å². The van der Waals surface area contributed by atoms with Gasteiger partial charge in [0.05, 0.1) is 28.9 Å². The predicted octanol–water partition coefficient (Wildman–Crippen LogP) is 2.65. The monoisotopic (exact) mass is 295 g/mol. The molecule has 0 fully saturated rings. The van der Waals surface area contributed by atoms with Gasteiger partial charge in [0.25, 0.3) is 0 Å². The first kappa shape index (κ1) is 14.5. The molecule has 2 N–H and O–H groups in total. The fraction of sp³-hybridized carbons (Fsp3) is 0.385. The summed E-state index contributed by atoms with van der Waals surface area (Å²) in [7, 11) is 0.282. The molecular weight excluding hydrogens is 278 g/mol. The molecule has 1 aromatic carbocycles. The van der Waals surface area contributed by atoms with E-state index in [1.54, 1.807) is 18.2 Å². The quantitative estimate of drug-likeness (QED) is 0.888. The highest BCUT2D eigenvalue weighted by Gasteiger charge is 2.09.